The fourth-order valence-electron chi connectivity index (χ4n) is 0.610. The Balaban J connectivity index is 0. The maximum atomic E-state index is 10.1. The van der Waals surface area contributed by atoms with Gasteiger partial charge >= 0.3 is 44.8 Å². The molecule has 0 aliphatic carbocycles. The number of hydrogen-bond donors (Lipinski definition) is 0. The van der Waals surface area contributed by atoms with E-state index < -0.39 is 7.82 Å². The zero-order valence-electron chi connectivity index (χ0n) is 6.07. The Morgan fingerprint density at radius 2 is 1.54 bits per heavy atom. The van der Waals surface area contributed by atoms with Crippen molar-refractivity contribution in [2.45, 2.75) is 0 Å². The van der Waals surface area contributed by atoms with Crippen molar-refractivity contribution < 1.29 is 63.6 Å². The van der Waals surface area contributed by atoms with Crippen LogP contribution in [0.5, 0.6) is 5.75 Å². The number of phosphoric acid groups is 1. The minimum atomic E-state index is -4.89. The molecule has 1 aromatic carbocycles. The zero-order chi connectivity index (χ0) is 8.32. The average molecular weight is 388 g/mol. The molecule has 0 N–H and O–H groups in total. The van der Waals surface area contributed by atoms with E-state index >= 15 is 0 Å². The molecule has 1 rings (SSSR count). The van der Waals surface area contributed by atoms with Crippen LogP contribution in [0.4, 0.5) is 0 Å². The average Bonchev–Trinajstić information content (AvgIpc) is 1.85. The molecule has 0 aliphatic heterocycles. The van der Waals surface area contributed by atoms with Crippen molar-refractivity contribution >= 4 is 7.82 Å². The first-order valence-corrected chi connectivity index (χ1v) is 4.31. The molecule has 1 aromatic rings. The van der Waals surface area contributed by atoms with Gasteiger partial charge in [-0.1, -0.05) is 18.2 Å². The molecule has 4 nitrogen and oxygen atoms in total. The number of rotatable bonds is 2. The third kappa shape index (κ3) is 7.70. The van der Waals surface area contributed by atoms with Crippen LogP contribution in [-0.4, -0.2) is 0 Å². The first kappa shape index (κ1) is 16.1. The van der Waals surface area contributed by atoms with Gasteiger partial charge < -0.3 is 18.9 Å². The van der Waals surface area contributed by atoms with Gasteiger partial charge in [0.1, 0.15) is 13.6 Å². The number of benzene rings is 1. The van der Waals surface area contributed by atoms with E-state index in [1.807, 2.05) is 0 Å². The molecule has 0 saturated carbocycles. The number of para-hydroxylation sites is 1. The van der Waals surface area contributed by atoms with Gasteiger partial charge in [-0.15, -0.1) is 0 Å². The second kappa shape index (κ2) is 7.01. The fraction of sp³-hybridized carbons (Fsp3) is 0. The Bertz CT molecular complexity index is 273. The van der Waals surface area contributed by atoms with E-state index in [1.54, 1.807) is 18.2 Å². The minimum Gasteiger partial charge on any atom is -0.780 e. The van der Waals surface area contributed by atoms with E-state index in [1.165, 1.54) is 12.1 Å². The molecular weight excluding hydrogens is 383 g/mol. The second-order valence-electron chi connectivity index (χ2n) is 1.85. The standard InChI is InChI=1S/C6H7O4P.2Ag/c7-11(8,9)10-6-4-2-1-3-5-6;;/h1-5H,(H2,7,8,9);;/q;2*+1/p-2. The summed E-state index contributed by atoms with van der Waals surface area (Å²) < 4.78 is 14.1. The monoisotopic (exact) mass is 386 g/mol. The molecule has 80 valence electrons. The zero-order valence-corrected chi connectivity index (χ0v) is 9.93. The van der Waals surface area contributed by atoms with Crippen molar-refractivity contribution in [3.05, 3.63) is 30.3 Å². The van der Waals surface area contributed by atoms with Gasteiger partial charge in [-0.3, -0.25) is 0 Å². The maximum Gasteiger partial charge on any atom is 1.00 e. The molecule has 0 spiro atoms. The van der Waals surface area contributed by atoms with E-state index in [2.05, 4.69) is 4.52 Å². The Morgan fingerprint density at radius 1 is 1.08 bits per heavy atom. The van der Waals surface area contributed by atoms with Gasteiger partial charge in [-0.25, -0.2) is 0 Å². The van der Waals surface area contributed by atoms with E-state index in [-0.39, 0.29) is 50.5 Å². The number of hydrogen-bond acceptors (Lipinski definition) is 4. The molecule has 0 amide bonds. The van der Waals surface area contributed by atoms with E-state index in [4.69, 9.17) is 0 Å². The fourth-order valence-corrected chi connectivity index (χ4v) is 0.990. The van der Waals surface area contributed by atoms with Gasteiger partial charge in [0.2, 0.25) is 0 Å². The van der Waals surface area contributed by atoms with Gasteiger partial charge in [0.05, 0.1) is 0 Å². The van der Waals surface area contributed by atoms with Crippen molar-refractivity contribution in [1.29, 1.82) is 0 Å². The molecule has 0 bridgehead atoms. The summed E-state index contributed by atoms with van der Waals surface area (Å²) in [6, 6.07) is 7.62. The molecular formula is C6H5Ag2O4P. The Labute approximate surface area is 107 Å². The van der Waals surface area contributed by atoms with Crippen LogP contribution in [-0.2, 0) is 49.3 Å². The predicted octanol–water partition coefficient (Wildman–Crippen LogP) is -0.111. The summed E-state index contributed by atoms with van der Waals surface area (Å²) in [4.78, 5) is 20.1. The summed E-state index contributed by atoms with van der Waals surface area (Å²) in [5.41, 5.74) is 0. The van der Waals surface area contributed by atoms with Crippen LogP contribution in [0.25, 0.3) is 0 Å². The van der Waals surface area contributed by atoms with E-state index in [0.717, 1.165) is 0 Å². The SMILES string of the molecule is O=P([O-])([O-])Oc1ccccc1.[Ag+].[Ag+]. The molecule has 13 heavy (non-hydrogen) atoms. The quantitative estimate of drug-likeness (QED) is 0.524. The van der Waals surface area contributed by atoms with Crippen LogP contribution < -0.4 is 14.3 Å². The Kier molecular flexibility index (Phi) is 8.68. The van der Waals surface area contributed by atoms with Crippen LogP contribution in [0, 0.1) is 0 Å². The van der Waals surface area contributed by atoms with Gasteiger partial charge in [0.15, 0.2) is 0 Å². The third-order valence-electron chi connectivity index (χ3n) is 0.960. The van der Waals surface area contributed by atoms with Gasteiger partial charge in [-0.2, -0.15) is 0 Å². The normalized spacial score (nSPS) is 9.38. The van der Waals surface area contributed by atoms with Crippen molar-refractivity contribution in [1.82, 2.24) is 0 Å². The minimum absolute atomic E-state index is 0. The second-order valence-corrected chi connectivity index (χ2v) is 2.93. The molecule has 0 fully saturated rings. The smallest absolute Gasteiger partial charge is 0.780 e. The van der Waals surface area contributed by atoms with E-state index in [9.17, 15) is 14.4 Å². The summed E-state index contributed by atoms with van der Waals surface area (Å²) in [5, 5.41) is 0. The van der Waals surface area contributed by atoms with Crippen LogP contribution in [0.3, 0.4) is 0 Å². The summed E-state index contributed by atoms with van der Waals surface area (Å²) in [5.74, 6) is 0.0424. The Hall–Kier alpha value is 0.651. The van der Waals surface area contributed by atoms with Crippen LogP contribution in [0.1, 0.15) is 0 Å². The van der Waals surface area contributed by atoms with Gasteiger partial charge in [0, 0.05) is 0 Å². The summed E-state index contributed by atoms with van der Waals surface area (Å²) in [6.45, 7) is 0. The van der Waals surface area contributed by atoms with Crippen LogP contribution in [0.2, 0.25) is 0 Å². The molecule has 0 aliphatic rings. The van der Waals surface area contributed by atoms with Gasteiger partial charge in [-0.05, 0) is 12.1 Å². The molecule has 0 radical (unpaired) electrons. The largest absolute Gasteiger partial charge is 1.00 e. The van der Waals surface area contributed by atoms with E-state index in [0.29, 0.717) is 0 Å². The maximum absolute atomic E-state index is 10.1. The van der Waals surface area contributed by atoms with Crippen LogP contribution in [0.15, 0.2) is 30.3 Å². The molecule has 0 heterocycles. The molecule has 0 unspecified atom stereocenters. The molecule has 0 aromatic heterocycles. The molecule has 7 heteroatoms. The predicted molar refractivity (Wildman–Crippen MR) is 34.7 cm³/mol. The third-order valence-corrected chi connectivity index (χ3v) is 1.39. The van der Waals surface area contributed by atoms with Gasteiger partial charge in [0.25, 0.3) is 0 Å². The first-order valence-electron chi connectivity index (χ1n) is 2.85. The molecule has 0 saturated heterocycles. The topological polar surface area (TPSA) is 72.4 Å². The Morgan fingerprint density at radius 3 is 1.92 bits per heavy atom. The summed E-state index contributed by atoms with van der Waals surface area (Å²) >= 11 is 0. The number of phosphoric ester groups is 1. The van der Waals surface area contributed by atoms with Crippen molar-refractivity contribution in [2.24, 2.45) is 0 Å². The van der Waals surface area contributed by atoms with Crippen molar-refractivity contribution in [2.75, 3.05) is 0 Å². The summed E-state index contributed by atoms with van der Waals surface area (Å²) in [6.07, 6.45) is 0. The van der Waals surface area contributed by atoms with Crippen molar-refractivity contribution in [3.63, 3.8) is 0 Å². The summed E-state index contributed by atoms with van der Waals surface area (Å²) in [7, 11) is -4.89. The first-order chi connectivity index (χ1) is 5.08. The molecule has 0 atom stereocenters. The van der Waals surface area contributed by atoms with Crippen molar-refractivity contribution in [3.8, 4) is 5.75 Å². The van der Waals surface area contributed by atoms with Crippen LogP contribution >= 0.6 is 7.82 Å².